The second-order valence-electron chi connectivity index (χ2n) is 1.69. The number of hydrogen-bond acceptors (Lipinski definition) is 2. The van der Waals surface area contributed by atoms with Gasteiger partial charge in [0.2, 0.25) is 5.96 Å². The first-order valence-electron chi connectivity index (χ1n) is 3.08. The molecule has 0 heterocycles. The molecule has 4 N–H and O–H groups in total. The van der Waals surface area contributed by atoms with Gasteiger partial charge < -0.3 is 5.32 Å². The molecule has 0 saturated heterocycles. The van der Waals surface area contributed by atoms with Gasteiger partial charge in [0.25, 0.3) is 0 Å². The molecule has 0 aliphatic carbocycles. The molecule has 0 saturated carbocycles. The van der Waals surface area contributed by atoms with E-state index in [1.807, 2.05) is 0 Å². The monoisotopic (exact) mass is 148 g/mol. The number of hydrazine groups is 1. The van der Waals surface area contributed by atoms with Crippen molar-refractivity contribution in [3.05, 3.63) is 0 Å². The summed E-state index contributed by atoms with van der Waals surface area (Å²) in [5, 5.41) is 2.79. The fourth-order valence-corrected chi connectivity index (χ4v) is 0.468. The van der Waals surface area contributed by atoms with Crippen molar-refractivity contribution in [1.29, 1.82) is 0 Å². The molecule has 0 aliphatic rings. The third-order valence-corrected chi connectivity index (χ3v) is 0.963. The summed E-state index contributed by atoms with van der Waals surface area (Å²) in [6, 6.07) is 0. The minimum absolute atomic E-state index is 0.325. The highest BCUT2D eigenvalue weighted by molar-refractivity contribution is 5.78. The maximum absolute atomic E-state index is 11.5. The van der Waals surface area contributed by atoms with Gasteiger partial charge in [-0.05, 0) is 6.42 Å². The largest absolute Gasteiger partial charge is 0.355 e. The van der Waals surface area contributed by atoms with Gasteiger partial charge in [-0.25, -0.2) is 5.84 Å². The molecule has 10 heavy (non-hydrogen) atoms. The summed E-state index contributed by atoms with van der Waals surface area (Å²) in [6.07, 6.45) is 0.473. The van der Waals surface area contributed by atoms with Gasteiger partial charge >= 0.3 is 0 Å². The quantitative estimate of drug-likeness (QED) is 0.164. The Morgan fingerprint density at radius 1 is 1.70 bits per heavy atom. The topological polar surface area (TPSA) is 62.4 Å². The first-order chi connectivity index (χ1) is 4.85. The SMILES string of the molecule is CN=C(NN)NCCCF. The number of nitrogens with two attached hydrogens (primary N) is 1. The van der Waals surface area contributed by atoms with E-state index in [1.165, 1.54) is 0 Å². The van der Waals surface area contributed by atoms with Crippen LogP contribution in [0.3, 0.4) is 0 Å². The third kappa shape index (κ3) is 4.08. The standard InChI is InChI=1S/C5H13FN4/c1-8-5(10-7)9-4-2-3-6/h2-4,7H2,1H3,(H2,8,9,10). The second-order valence-corrected chi connectivity index (χ2v) is 1.69. The molecule has 0 aliphatic heterocycles. The van der Waals surface area contributed by atoms with Crippen molar-refractivity contribution in [1.82, 2.24) is 10.7 Å². The lowest BCUT2D eigenvalue weighted by atomic mass is 10.5. The molecule has 0 radical (unpaired) electrons. The predicted octanol–water partition coefficient (Wildman–Crippen LogP) is -0.615. The van der Waals surface area contributed by atoms with Crippen molar-refractivity contribution in [3.63, 3.8) is 0 Å². The normalized spacial score (nSPS) is 11.3. The number of nitrogens with one attached hydrogen (secondary N) is 2. The lowest BCUT2D eigenvalue weighted by Gasteiger charge is -2.05. The van der Waals surface area contributed by atoms with E-state index >= 15 is 0 Å². The average molecular weight is 148 g/mol. The number of aliphatic imine (C=N–C) groups is 1. The highest BCUT2D eigenvalue weighted by Gasteiger charge is 1.90. The number of halogens is 1. The Balaban J connectivity index is 3.27. The molecular formula is C5H13FN4. The van der Waals surface area contributed by atoms with Crippen molar-refractivity contribution >= 4 is 5.96 Å². The summed E-state index contributed by atoms with van der Waals surface area (Å²) in [5.74, 6) is 5.51. The van der Waals surface area contributed by atoms with Crippen LogP contribution in [0.4, 0.5) is 4.39 Å². The molecule has 60 valence electrons. The Hall–Kier alpha value is -0.840. The van der Waals surface area contributed by atoms with E-state index in [2.05, 4.69) is 15.7 Å². The highest BCUT2D eigenvalue weighted by atomic mass is 19.1. The highest BCUT2D eigenvalue weighted by Crippen LogP contribution is 1.75. The molecule has 0 bridgehead atoms. The summed E-state index contributed by atoms with van der Waals surface area (Å²) >= 11 is 0. The van der Waals surface area contributed by atoms with Crippen LogP contribution in [0.15, 0.2) is 4.99 Å². The molecule has 0 fully saturated rings. The Morgan fingerprint density at radius 2 is 2.40 bits per heavy atom. The molecule has 4 nitrogen and oxygen atoms in total. The van der Waals surface area contributed by atoms with Crippen LogP contribution in [0.25, 0.3) is 0 Å². The van der Waals surface area contributed by atoms with Gasteiger partial charge in [-0.15, -0.1) is 0 Å². The predicted molar refractivity (Wildman–Crippen MR) is 39.3 cm³/mol. The number of guanidine groups is 1. The van der Waals surface area contributed by atoms with Crippen molar-refractivity contribution < 1.29 is 4.39 Å². The van der Waals surface area contributed by atoms with Crippen LogP contribution in [-0.4, -0.2) is 26.2 Å². The Morgan fingerprint density at radius 3 is 2.80 bits per heavy atom. The van der Waals surface area contributed by atoms with E-state index < -0.39 is 0 Å². The van der Waals surface area contributed by atoms with Crippen LogP contribution in [0.2, 0.25) is 0 Å². The molecule has 0 rings (SSSR count). The van der Waals surface area contributed by atoms with Crippen LogP contribution in [0.1, 0.15) is 6.42 Å². The molecule has 0 atom stereocenters. The molecule has 0 aromatic heterocycles. The minimum atomic E-state index is -0.325. The van der Waals surface area contributed by atoms with Crippen LogP contribution in [0, 0.1) is 0 Å². The molecule has 0 spiro atoms. The van der Waals surface area contributed by atoms with Crippen LogP contribution < -0.4 is 16.6 Å². The minimum Gasteiger partial charge on any atom is -0.355 e. The first-order valence-corrected chi connectivity index (χ1v) is 3.08. The summed E-state index contributed by atoms with van der Waals surface area (Å²) in [7, 11) is 1.59. The maximum Gasteiger partial charge on any atom is 0.205 e. The van der Waals surface area contributed by atoms with Crippen molar-refractivity contribution in [2.24, 2.45) is 10.8 Å². The van der Waals surface area contributed by atoms with Gasteiger partial charge in [0, 0.05) is 13.6 Å². The lowest BCUT2D eigenvalue weighted by molar-refractivity contribution is 0.470. The first kappa shape index (κ1) is 9.16. The van der Waals surface area contributed by atoms with Crippen LogP contribution >= 0.6 is 0 Å². The maximum atomic E-state index is 11.5. The van der Waals surface area contributed by atoms with Crippen molar-refractivity contribution in [3.8, 4) is 0 Å². The fraction of sp³-hybridized carbons (Fsp3) is 0.800. The van der Waals surface area contributed by atoms with Gasteiger partial charge in [-0.3, -0.25) is 14.8 Å². The van der Waals surface area contributed by atoms with Gasteiger partial charge in [-0.2, -0.15) is 0 Å². The zero-order valence-electron chi connectivity index (χ0n) is 6.02. The van der Waals surface area contributed by atoms with Gasteiger partial charge in [0.1, 0.15) is 0 Å². The van der Waals surface area contributed by atoms with E-state index in [1.54, 1.807) is 7.05 Å². The fourth-order valence-electron chi connectivity index (χ4n) is 0.468. The molecule has 0 unspecified atom stereocenters. The van der Waals surface area contributed by atoms with Crippen LogP contribution in [-0.2, 0) is 0 Å². The van der Waals surface area contributed by atoms with Gasteiger partial charge in [0.05, 0.1) is 6.67 Å². The van der Waals surface area contributed by atoms with E-state index in [9.17, 15) is 4.39 Å². The average Bonchev–Trinajstić information content (AvgIpc) is 1.99. The lowest BCUT2D eigenvalue weighted by Crippen LogP contribution is -2.41. The summed E-state index contributed by atoms with van der Waals surface area (Å²) in [5.41, 5.74) is 2.33. The summed E-state index contributed by atoms with van der Waals surface area (Å²) in [6.45, 7) is 0.224. The number of hydrogen-bond donors (Lipinski definition) is 3. The number of alkyl halides is 1. The summed E-state index contributed by atoms with van der Waals surface area (Å²) < 4.78 is 11.5. The molecule has 5 heteroatoms. The number of nitrogens with zero attached hydrogens (tertiary/aromatic N) is 1. The molecular weight excluding hydrogens is 135 g/mol. The Bertz CT molecular complexity index is 104. The summed E-state index contributed by atoms with van der Waals surface area (Å²) in [4.78, 5) is 3.73. The Kier molecular flexibility index (Phi) is 5.75. The van der Waals surface area contributed by atoms with E-state index in [-0.39, 0.29) is 6.67 Å². The number of rotatable bonds is 3. The zero-order chi connectivity index (χ0) is 7.82. The third-order valence-electron chi connectivity index (χ3n) is 0.963. The van der Waals surface area contributed by atoms with E-state index in [0.29, 0.717) is 18.9 Å². The second kappa shape index (κ2) is 6.28. The molecule has 0 amide bonds. The Labute approximate surface area is 59.7 Å². The molecule has 0 aromatic rings. The van der Waals surface area contributed by atoms with Crippen molar-refractivity contribution in [2.75, 3.05) is 20.3 Å². The molecule has 0 aromatic carbocycles. The zero-order valence-corrected chi connectivity index (χ0v) is 6.02. The van der Waals surface area contributed by atoms with E-state index in [4.69, 9.17) is 5.84 Å². The van der Waals surface area contributed by atoms with E-state index in [0.717, 1.165) is 0 Å². The smallest absolute Gasteiger partial charge is 0.205 e. The van der Waals surface area contributed by atoms with Gasteiger partial charge in [-0.1, -0.05) is 0 Å². The van der Waals surface area contributed by atoms with Crippen molar-refractivity contribution in [2.45, 2.75) is 6.42 Å². The van der Waals surface area contributed by atoms with Gasteiger partial charge in [0.15, 0.2) is 0 Å². The van der Waals surface area contributed by atoms with Crippen LogP contribution in [0.5, 0.6) is 0 Å².